The van der Waals surface area contributed by atoms with Gasteiger partial charge in [0.25, 0.3) is 5.69 Å². The molecule has 0 N–H and O–H groups in total. The molecule has 0 aliphatic carbocycles. The molecule has 1 heterocycles. The van der Waals surface area contributed by atoms with Crippen molar-refractivity contribution in [1.29, 1.82) is 0 Å². The van der Waals surface area contributed by atoms with Crippen molar-refractivity contribution in [3.05, 3.63) is 108 Å². The van der Waals surface area contributed by atoms with Gasteiger partial charge >= 0.3 is 5.97 Å². The van der Waals surface area contributed by atoms with Gasteiger partial charge in [-0.25, -0.2) is 4.79 Å². The first kappa shape index (κ1) is 21.9. The van der Waals surface area contributed by atoms with Gasteiger partial charge in [0, 0.05) is 17.7 Å². The molecule has 1 aliphatic rings. The molecule has 7 nitrogen and oxygen atoms in total. The Hall–Kier alpha value is -3.30. The van der Waals surface area contributed by atoms with Gasteiger partial charge in [-0.1, -0.05) is 35.5 Å². The quantitative estimate of drug-likeness (QED) is 0.159. The second kappa shape index (κ2) is 9.46. The van der Waals surface area contributed by atoms with Crippen molar-refractivity contribution in [2.24, 2.45) is 5.16 Å². The van der Waals surface area contributed by atoms with Gasteiger partial charge in [-0.05, 0) is 73.3 Å². The van der Waals surface area contributed by atoms with Crippen LogP contribution in [0.5, 0.6) is 5.75 Å². The first-order chi connectivity index (χ1) is 15.4. The summed E-state index contributed by atoms with van der Waals surface area (Å²) in [6, 6.07) is 19.1. The molecule has 0 amide bonds. The average molecular weight is 558 g/mol. The number of nitro benzene ring substituents is 1. The first-order valence-electron chi connectivity index (χ1n) is 9.34. The van der Waals surface area contributed by atoms with Gasteiger partial charge in [-0.3, -0.25) is 10.1 Å². The Morgan fingerprint density at radius 2 is 1.69 bits per heavy atom. The minimum Gasteiger partial charge on any atom is -0.487 e. The maximum absolute atomic E-state index is 12.2. The Labute approximate surface area is 199 Å². The van der Waals surface area contributed by atoms with Crippen LogP contribution in [0.2, 0.25) is 0 Å². The van der Waals surface area contributed by atoms with Gasteiger partial charge in [-0.15, -0.1) is 0 Å². The second-order valence-electron chi connectivity index (χ2n) is 6.77. The summed E-state index contributed by atoms with van der Waals surface area (Å²) >= 11 is 7.01. The van der Waals surface area contributed by atoms with Crippen molar-refractivity contribution in [3.63, 3.8) is 0 Å². The summed E-state index contributed by atoms with van der Waals surface area (Å²) in [5.74, 6) is 0.0473. The van der Waals surface area contributed by atoms with Crippen LogP contribution in [0, 0.1) is 10.1 Å². The van der Waals surface area contributed by atoms with E-state index in [2.05, 4.69) is 37.0 Å². The highest BCUT2D eigenvalue weighted by atomic mass is 79.9. The number of carbonyl (C=O) groups excluding carboxylic acids is 1. The molecular formula is C23H14Br2N2O5. The van der Waals surface area contributed by atoms with Crippen molar-refractivity contribution in [2.45, 2.75) is 6.61 Å². The Morgan fingerprint density at radius 1 is 1.03 bits per heavy atom. The molecule has 0 unspecified atom stereocenters. The van der Waals surface area contributed by atoms with Crippen LogP contribution in [0.15, 0.2) is 86.4 Å². The van der Waals surface area contributed by atoms with Crippen LogP contribution in [0.4, 0.5) is 5.69 Å². The Bertz CT molecular complexity index is 1230. The van der Waals surface area contributed by atoms with E-state index in [1.807, 2.05) is 42.5 Å². The van der Waals surface area contributed by atoms with E-state index in [0.29, 0.717) is 26.0 Å². The lowest BCUT2D eigenvalue weighted by Gasteiger charge is -2.12. The predicted octanol–water partition coefficient (Wildman–Crippen LogP) is 6.04. The van der Waals surface area contributed by atoms with Crippen LogP contribution in [0.25, 0.3) is 6.08 Å². The summed E-state index contributed by atoms with van der Waals surface area (Å²) in [5.41, 5.74) is 3.17. The normalized spacial score (nSPS) is 14.2. The minimum absolute atomic E-state index is 0.0253. The number of nitro groups is 1. The zero-order valence-electron chi connectivity index (χ0n) is 16.3. The van der Waals surface area contributed by atoms with Gasteiger partial charge in [0.2, 0.25) is 0 Å². The average Bonchev–Trinajstić information content (AvgIpc) is 3.14. The standard InChI is InChI=1S/C23H14Br2N2O5/c24-19-11-15(10-18-21(26-32-23(18)28)16-4-2-1-3-5-16)12-20(25)22(19)31-13-14-6-8-17(9-7-14)27(29)30/h1-12H,13H2/b18-10-. The molecule has 0 fully saturated rings. The summed E-state index contributed by atoms with van der Waals surface area (Å²) in [4.78, 5) is 27.5. The SMILES string of the molecule is O=C1ON=C(c2ccccc2)/C1=C/c1cc(Br)c(OCc2ccc([N+](=O)[O-])cc2)c(Br)c1. The molecule has 3 aromatic rings. The number of hydrogen-bond donors (Lipinski definition) is 0. The Morgan fingerprint density at radius 3 is 2.31 bits per heavy atom. The zero-order chi connectivity index (χ0) is 22.7. The fraction of sp³-hybridized carbons (Fsp3) is 0.0435. The van der Waals surface area contributed by atoms with Crippen LogP contribution >= 0.6 is 31.9 Å². The van der Waals surface area contributed by atoms with E-state index in [1.165, 1.54) is 12.1 Å². The lowest BCUT2D eigenvalue weighted by Crippen LogP contribution is -2.06. The van der Waals surface area contributed by atoms with Crippen molar-refractivity contribution >= 4 is 55.3 Å². The van der Waals surface area contributed by atoms with E-state index in [-0.39, 0.29) is 12.3 Å². The lowest BCUT2D eigenvalue weighted by molar-refractivity contribution is -0.384. The minimum atomic E-state index is -0.519. The number of halogens is 2. The summed E-state index contributed by atoms with van der Waals surface area (Å²) in [6.45, 7) is 0.229. The number of non-ortho nitro benzene ring substituents is 1. The molecule has 0 aromatic heterocycles. The van der Waals surface area contributed by atoms with Gasteiger partial charge in [0.1, 0.15) is 18.1 Å². The summed E-state index contributed by atoms with van der Waals surface area (Å²) in [6.07, 6.45) is 1.71. The highest BCUT2D eigenvalue weighted by molar-refractivity contribution is 9.11. The molecule has 0 saturated carbocycles. The highest BCUT2D eigenvalue weighted by Crippen LogP contribution is 2.36. The van der Waals surface area contributed by atoms with Crippen LogP contribution in [0.3, 0.4) is 0 Å². The van der Waals surface area contributed by atoms with E-state index in [0.717, 1.165) is 16.7 Å². The monoisotopic (exact) mass is 556 g/mol. The molecule has 3 aromatic carbocycles. The topological polar surface area (TPSA) is 91.0 Å². The van der Waals surface area contributed by atoms with Crippen LogP contribution in [-0.4, -0.2) is 16.6 Å². The van der Waals surface area contributed by atoms with Crippen molar-refractivity contribution in [2.75, 3.05) is 0 Å². The maximum atomic E-state index is 12.2. The fourth-order valence-electron chi connectivity index (χ4n) is 3.05. The van der Waals surface area contributed by atoms with Crippen LogP contribution in [-0.2, 0) is 16.2 Å². The molecule has 32 heavy (non-hydrogen) atoms. The van der Waals surface area contributed by atoms with E-state index in [9.17, 15) is 14.9 Å². The lowest BCUT2D eigenvalue weighted by atomic mass is 10.0. The third-order valence-electron chi connectivity index (χ3n) is 4.60. The third kappa shape index (κ3) is 4.79. The molecule has 9 heteroatoms. The molecule has 0 bridgehead atoms. The summed E-state index contributed by atoms with van der Waals surface area (Å²) in [5, 5.41) is 14.7. The van der Waals surface area contributed by atoms with Crippen LogP contribution < -0.4 is 4.74 Å². The van der Waals surface area contributed by atoms with Crippen molar-refractivity contribution in [3.8, 4) is 5.75 Å². The molecule has 0 atom stereocenters. The molecule has 0 radical (unpaired) electrons. The number of benzene rings is 3. The van der Waals surface area contributed by atoms with E-state index in [1.54, 1.807) is 18.2 Å². The number of nitrogens with zero attached hydrogens (tertiary/aromatic N) is 2. The van der Waals surface area contributed by atoms with E-state index >= 15 is 0 Å². The second-order valence-corrected chi connectivity index (χ2v) is 8.48. The third-order valence-corrected chi connectivity index (χ3v) is 5.78. The molecule has 160 valence electrons. The zero-order valence-corrected chi connectivity index (χ0v) is 19.5. The summed E-state index contributed by atoms with van der Waals surface area (Å²) < 4.78 is 7.23. The van der Waals surface area contributed by atoms with E-state index in [4.69, 9.17) is 9.57 Å². The van der Waals surface area contributed by atoms with E-state index < -0.39 is 10.9 Å². The highest BCUT2D eigenvalue weighted by Gasteiger charge is 2.26. The maximum Gasteiger partial charge on any atom is 0.368 e. The van der Waals surface area contributed by atoms with Crippen LogP contribution in [0.1, 0.15) is 16.7 Å². The molecule has 4 rings (SSSR count). The molecule has 0 saturated heterocycles. The van der Waals surface area contributed by atoms with Gasteiger partial charge < -0.3 is 9.57 Å². The number of carbonyl (C=O) groups is 1. The fourth-order valence-corrected chi connectivity index (χ4v) is 4.50. The largest absolute Gasteiger partial charge is 0.487 e. The molecular weight excluding hydrogens is 544 g/mol. The first-order valence-corrected chi connectivity index (χ1v) is 10.9. The number of hydrogen-bond acceptors (Lipinski definition) is 6. The van der Waals surface area contributed by atoms with Gasteiger partial charge in [0.15, 0.2) is 0 Å². The molecule has 1 aliphatic heterocycles. The predicted molar refractivity (Wildman–Crippen MR) is 126 cm³/mol. The smallest absolute Gasteiger partial charge is 0.368 e. The van der Waals surface area contributed by atoms with Gasteiger partial charge in [0.05, 0.1) is 19.4 Å². The summed E-state index contributed by atoms with van der Waals surface area (Å²) in [7, 11) is 0. The number of rotatable bonds is 6. The Balaban J connectivity index is 1.55. The Kier molecular flexibility index (Phi) is 6.48. The number of ether oxygens (including phenoxy) is 1. The number of oxime groups is 1. The van der Waals surface area contributed by atoms with Gasteiger partial charge in [-0.2, -0.15) is 0 Å². The van der Waals surface area contributed by atoms with Crippen molar-refractivity contribution < 1.29 is 19.3 Å². The molecule has 0 spiro atoms. The van der Waals surface area contributed by atoms with Crippen molar-refractivity contribution in [1.82, 2.24) is 0 Å².